The van der Waals surface area contributed by atoms with Crippen molar-refractivity contribution in [3.05, 3.63) is 65.0 Å². The third-order valence-corrected chi connectivity index (χ3v) is 3.76. The number of carbonyl (C=O) groups excluding carboxylic acids is 1. The minimum Gasteiger partial charge on any atom is -0.349 e. The van der Waals surface area contributed by atoms with Gasteiger partial charge >= 0.3 is 0 Å². The molecule has 0 fully saturated rings. The van der Waals surface area contributed by atoms with E-state index in [1.165, 1.54) is 16.7 Å². The molecule has 3 heteroatoms. The molecule has 130 valence electrons. The van der Waals surface area contributed by atoms with E-state index in [1.807, 2.05) is 0 Å². The Morgan fingerprint density at radius 3 is 2.33 bits per heavy atom. The highest BCUT2D eigenvalue weighted by molar-refractivity contribution is 5.93. The molecule has 0 aromatic carbocycles. The van der Waals surface area contributed by atoms with Crippen molar-refractivity contribution in [1.29, 1.82) is 0 Å². The molecule has 24 heavy (non-hydrogen) atoms. The topological polar surface area (TPSA) is 42.0 Å². The number of hydrogen-bond donors (Lipinski definition) is 1. The molecule has 1 rings (SSSR count). The smallest absolute Gasteiger partial charge is 0.253 e. The van der Waals surface area contributed by atoms with Gasteiger partial charge in [0.15, 0.2) is 0 Å². The first-order valence-electron chi connectivity index (χ1n) is 8.62. The van der Waals surface area contributed by atoms with Gasteiger partial charge in [0.25, 0.3) is 5.91 Å². The molecule has 0 saturated heterocycles. The van der Waals surface area contributed by atoms with Crippen LogP contribution < -0.4 is 5.32 Å². The minimum absolute atomic E-state index is 0.0813. The van der Waals surface area contributed by atoms with E-state index in [4.69, 9.17) is 0 Å². The maximum atomic E-state index is 11.9. The molecule has 0 spiro atoms. The molecule has 3 nitrogen and oxygen atoms in total. The Morgan fingerprint density at radius 1 is 1.04 bits per heavy atom. The Labute approximate surface area is 146 Å². The van der Waals surface area contributed by atoms with Gasteiger partial charge in [-0.2, -0.15) is 0 Å². The lowest BCUT2D eigenvalue weighted by Crippen LogP contribution is -2.23. The zero-order valence-corrected chi connectivity index (χ0v) is 15.4. The molecule has 1 N–H and O–H groups in total. The van der Waals surface area contributed by atoms with Crippen LogP contribution in [0.25, 0.3) is 0 Å². The predicted molar refractivity (Wildman–Crippen MR) is 102 cm³/mol. The third kappa shape index (κ3) is 9.09. The summed E-state index contributed by atoms with van der Waals surface area (Å²) in [6.07, 6.45) is 14.3. The average molecular weight is 326 g/mol. The van der Waals surface area contributed by atoms with Gasteiger partial charge in [0.05, 0.1) is 5.56 Å². The molecule has 0 aliphatic heterocycles. The van der Waals surface area contributed by atoms with Crippen LogP contribution >= 0.6 is 0 Å². The van der Waals surface area contributed by atoms with E-state index in [1.54, 1.807) is 24.5 Å². The van der Waals surface area contributed by atoms with Crippen LogP contribution in [0.2, 0.25) is 0 Å². The number of amides is 1. The summed E-state index contributed by atoms with van der Waals surface area (Å²) in [5, 5.41) is 2.89. The van der Waals surface area contributed by atoms with Crippen LogP contribution in [0, 0.1) is 0 Å². The van der Waals surface area contributed by atoms with Crippen LogP contribution in [-0.2, 0) is 0 Å². The Kier molecular flexibility index (Phi) is 9.44. The van der Waals surface area contributed by atoms with Crippen molar-refractivity contribution in [3.63, 3.8) is 0 Å². The summed E-state index contributed by atoms with van der Waals surface area (Å²) in [5.74, 6) is -0.0813. The van der Waals surface area contributed by atoms with Crippen LogP contribution in [0.5, 0.6) is 0 Å². The van der Waals surface area contributed by atoms with Gasteiger partial charge < -0.3 is 5.32 Å². The van der Waals surface area contributed by atoms with Crippen molar-refractivity contribution in [2.45, 2.75) is 53.4 Å². The Balaban J connectivity index is 2.27. The van der Waals surface area contributed by atoms with E-state index in [2.05, 4.69) is 56.2 Å². The monoisotopic (exact) mass is 326 g/mol. The molecule has 1 amide bonds. The summed E-state index contributed by atoms with van der Waals surface area (Å²) in [6, 6.07) is 3.53. The summed E-state index contributed by atoms with van der Waals surface area (Å²) in [5.41, 5.74) is 4.73. The maximum absolute atomic E-state index is 11.9. The van der Waals surface area contributed by atoms with Gasteiger partial charge in [0, 0.05) is 18.9 Å². The Morgan fingerprint density at radius 2 is 1.71 bits per heavy atom. The molecule has 1 aromatic rings. The van der Waals surface area contributed by atoms with Crippen molar-refractivity contribution in [2.75, 3.05) is 6.54 Å². The molecular formula is C21H30N2O. The van der Waals surface area contributed by atoms with Crippen LogP contribution in [0.4, 0.5) is 0 Å². The summed E-state index contributed by atoms with van der Waals surface area (Å²) in [7, 11) is 0. The van der Waals surface area contributed by atoms with Gasteiger partial charge in [-0.1, -0.05) is 34.9 Å². The number of aromatic nitrogens is 1. The number of allylic oxidation sites excluding steroid dienone is 5. The van der Waals surface area contributed by atoms with Crippen molar-refractivity contribution < 1.29 is 4.79 Å². The zero-order chi connectivity index (χ0) is 17.8. The fourth-order valence-corrected chi connectivity index (χ4v) is 2.26. The van der Waals surface area contributed by atoms with E-state index in [0.717, 1.165) is 25.7 Å². The first-order valence-corrected chi connectivity index (χ1v) is 8.62. The molecule has 0 saturated carbocycles. The molecule has 0 unspecified atom stereocenters. The second-order valence-electron chi connectivity index (χ2n) is 6.41. The van der Waals surface area contributed by atoms with E-state index < -0.39 is 0 Å². The maximum Gasteiger partial charge on any atom is 0.253 e. The third-order valence-electron chi connectivity index (χ3n) is 3.76. The second kappa shape index (κ2) is 11.4. The fraction of sp³-hybridized carbons (Fsp3) is 0.429. The summed E-state index contributed by atoms with van der Waals surface area (Å²) >= 11 is 0. The average Bonchev–Trinajstić information content (AvgIpc) is 2.55. The fourth-order valence-electron chi connectivity index (χ4n) is 2.26. The van der Waals surface area contributed by atoms with E-state index in [-0.39, 0.29) is 5.91 Å². The lowest BCUT2D eigenvalue weighted by molar-refractivity contribution is 0.0957. The zero-order valence-electron chi connectivity index (χ0n) is 15.4. The largest absolute Gasteiger partial charge is 0.349 e. The second-order valence-corrected chi connectivity index (χ2v) is 6.41. The number of rotatable bonds is 9. The number of nitrogens with one attached hydrogen (secondary N) is 1. The molecule has 0 aliphatic rings. The molecule has 0 bridgehead atoms. The quantitative estimate of drug-likeness (QED) is 0.631. The normalized spacial score (nSPS) is 12.0. The van der Waals surface area contributed by atoms with E-state index in [0.29, 0.717) is 12.1 Å². The van der Waals surface area contributed by atoms with Gasteiger partial charge in [-0.15, -0.1) is 0 Å². The summed E-state index contributed by atoms with van der Waals surface area (Å²) in [4.78, 5) is 15.8. The highest BCUT2D eigenvalue weighted by atomic mass is 16.1. The number of carbonyl (C=O) groups is 1. The highest BCUT2D eigenvalue weighted by Crippen LogP contribution is 2.11. The molecular weight excluding hydrogens is 296 g/mol. The Hall–Kier alpha value is -2.16. The van der Waals surface area contributed by atoms with E-state index in [9.17, 15) is 4.79 Å². The van der Waals surface area contributed by atoms with Gasteiger partial charge in [0.1, 0.15) is 0 Å². The van der Waals surface area contributed by atoms with Crippen LogP contribution in [-0.4, -0.2) is 17.4 Å². The van der Waals surface area contributed by atoms with Crippen LogP contribution in [0.3, 0.4) is 0 Å². The highest BCUT2D eigenvalue weighted by Gasteiger charge is 2.02. The number of nitrogens with zero attached hydrogens (tertiary/aromatic N) is 1. The summed E-state index contributed by atoms with van der Waals surface area (Å²) < 4.78 is 0. The molecule has 1 aromatic heterocycles. The molecule has 0 atom stereocenters. The minimum atomic E-state index is -0.0813. The lowest BCUT2D eigenvalue weighted by Gasteiger charge is -2.04. The predicted octanol–water partition coefficient (Wildman–Crippen LogP) is 5.23. The molecule has 0 radical (unpaired) electrons. The first kappa shape index (κ1) is 19.9. The molecule has 1 heterocycles. The van der Waals surface area contributed by atoms with Crippen molar-refractivity contribution in [2.24, 2.45) is 0 Å². The summed E-state index contributed by atoms with van der Waals surface area (Å²) in [6.45, 7) is 9.15. The van der Waals surface area contributed by atoms with Gasteiger partial charge in [-0.05, 0) is 65.5 Å². The van der Waals surface area contributed by atoms with Crippen molar-refractivity contribution in [3.8, 4) is 0 Å². The van der Waals surface area contributed by atoms with Crippen LogP contribution in [0.1, 0.15) is 63.7 Å². The molecule has 0 aliphatic carbocycles. The number of pyridine rings is 1. The van der Waals surface area contributed by atoms with Gasteiger partial charge in [0.2, 0.25) is 0 Å². The van der Waals surface area contributed by atoms with Crippen molar-refractivity contribution in [1.82, 2.24) is 10.3 Å². The van der Waals surface area contributed by atoms with Gasteiger partial charge in [-0.25, -0.2) is 0 Å². The SMILES string of the molecule is CC(C)=CCC/C(C)=C/CC/C(C)=C/CNC(=O)c1cccnc1. The standard InChI is InChI=1S/C21H30N2O/c1-17(2)8-5-9-18(3)10-6-11-19(4)13-15-23-21(24)20-12-7-14-22-16-20/h7-8,10,12-14,16H,5-6,9,11,15H2,1-4H3,(H,23,24)/b18-10+,19-13+. The van der Waals surface area contributed by atoms with E-state index >= 15 is 0 Å². The lowest BCUT2D eigenvalue weighted by atomic mass is 10.1. The van der Waals surface area contributed by atoms with Gasteiger partial charge in [-0.3, -0.25) is 9.78 Å². The number of hydrogen-bond acceptors (Lipinski definition) is 2. The van der Waals surface area contributed by atoms with Crippen LogP contribution in [0.15, 0.2) is 59.5 Å². The Bertz CT molecular complexity index is 594. The first-order chi connectivity index (χ1) is 11.5. The van der Waals surface area contributed by atoms with Crippen molar-refractivity contribution >= 4 is 5.91 Å².